The van der Waals surface area contributed by atoms with Crippen LogP contribution in [0.25, 0.3) is 0 Å². The van der Waals surface area contributed by atoms with Gasteiger partial charge in [-0.1, -0.05) is 42.5 Å². The van der Waals surface area contributed by atoms with Crippen LogP contribution in [0.5, 0.6) is 5.75 Å². The minimum Gasteiger partial charge on any atom is -0.486 e. The summed E-state index contributed by atoms with van der Waals surface area (Å²) >= 11 is 0. The molecule has 3 rings (SSSR count). The number of ether oxygens (including phenoxy) is 2. The number of hydrogen-bond acceptors (Lipinski definition) is 6. The molecule has 8 nitrogen and oxygen atoms in total. The number of benzene rings is 2. The molecule has 0 saturated heterocycles. The summed E-state index contributed by atoms with van der Waals surface area (Å²) < 4.78 is 38.2. The Morgan fingerprint density at radius 1 is 1.10 bits per heavy atom. The molecule has 30 heavy (non-hydrogen) atoms. The van der Waals surface area contributed by atoms with E-state index < -0.39 is 33.4 Å². The number of rotatable bonds is 7. The summed E-state index contributed by atoms with van der Waals surface area (Å²) in [6, 6.07) is 14.6. The Hall–Kier alpha value is -3.07. The number of fused-ring (bicyclic) bond motifs is 1. The molecule has 0 bridgehead atoms. The van der Waals surface area contributed by atoms with E-state index in [4.69, 9.17) is 14.6 Å². The zero-order valence-electron chi connectivity index (χ0n) is 16.4. The molecular weight excluding hydrogens is 410 g/mol. The fraction of sp³-hybridized carbons (Fsp3) is 0.333. The van der Waals surface area contributed by atoms with Gasteiger partial charge in [0.1, 0.15) is 18.5 Å². The van der Waals surface area contributed by atoms with Crippen LogP contribution in [-0.4, -0.2) is 36.9 Å². The molecule has 0 radical (unpaired) electrons. The molecule has 1 aliphatic heterocycles. The lowest BCUT2D eigenvalue weighted by Gasteiger charge is -2.40. The lowest BCUT2D eigenvalue weighted by atomic mass is 10.0. The minimum absolute atomic E-state index is 0.0555. The van der Waals surface area contributed by atoms with Gasteiger partial charge in [-0.15, -0.1) is 0 Å². The Kier molecular flexibility index (Phi) is 6.61. The van der Waals surface area contributed by atoms with Crippen molar-refractivity contribution in [1.82, 2.24) is 0 Å². The molecule has 2 aromatic carbocycles. The van der Waals surface area contributed by atoms with Gasteiger partial charge in [0.25, 0.3) is 0 Å². The molecule has 0 saturated carbocycles. The number of hydrogen-bond donors (Lipinski definition) is 1. The first-order valence-corrected chi connectivity index (χ1v) is 11.0. The molecule has 0 spiro atoms. The number of sulfonamides is 1. The summed E-state index contributed by atoms with van der Waals surface area (Å²) in [7, 11) is -4.49. The second-order valence-electron chi connectivity index (χ2n) is 6.98. The van der Waals surface area contributed by atoms with Crippen molar-refractivity contribution in [1.29, 1.82) is 0 Å². The summed E-state index contributed by atoms with van der Waals surface area (Å²) in [5.41, 5.74) is 0.916. The largest absolute Gasteiger partial charge is 0.486 e. The molecule has 0 fully saturated rings. The monoisotopic (exact) mass is 433 g/mol. The van der Waals surface area contributed by atoms with Gasteiger partial charge < -0.3 is 14.6 Å². The van der Waals surface area contributed by atoms with Crippen molar-refractivity contribution in [3.63, 3.8) is 0 Å². The molecular formula is C21H23NO7S. The highest BCUT2D eigenvalue weighted by molar-refractivity contribution is 8.06. The standard InChI is InChI=1S/C21H23NO7S/c1-15-18(12-7-13-20(23)24)29-19-11-6-5-10-17(19)22(15)30(26,27)21(25)28-14-16-8-3-2-4-9-16/h2-6,8-11,15,18H,7,12-14H2,1H3,(H,23,24)/t15-,18+/m1/s1. The predicted octanol–water partition coefficient (Wildman–Crippen LogP) is 3.56. The van der Waals surface area contributed by atoms with Crippen LogP contribution in [0.1, 0.15) is 31.7 Å². The first-order chi connectivity index (χ1) is 14.3. The molecule has 2 atom stereocenters. The van der Waals surface area contributed by atoms with Crippen LogP contribution in [0.2, 0.25) is 0 Å². The molecule has 1 N–H and O–H groups in total. The highest BCUT2D eigenvalue weighted by Gasteiger charge is 2.43. The van der Waals surface area contributed by atoms with Crippen molar-refractivity contribution in [2.45, 2.75) is 44.9 Å². The number of nitrogens with zero attached hydrogens (tertiary/aromatic N) is 1. The predicted molar refractivity (Wildman–Crippen MR) is 110 cm³/mol. The second-order valence-corrected chi connectivity index (χ2v) is 8.65. The molecule has 0 unspecified atom stereocenters. The third-order valence-electron chi connectivity index (χ3n) is 4.84. The van der Waals surface area contributed by atoms with Crippen LogP contribution in [0.3, 0.4) is 0 Å². The molecule has 1 aliphatic rings. The maximum absolute atomic E-state index is 13.1. The first kappa shape index (κ1) is 21.6. The summed E-state index contributed by atoms with van der Waals surface area (Å²) in [5.74, 6) is -0.622. The lowest BCUT2D eigenvalue weighted by Crippen LogP contribution is -2.52. The van der Waals surface area contributed by atoms with Crippen molar-refractivity contribution in [3.8, 4) is 5.75 Å². The Morgan fingerprint density at radius 2 is 1.77 bits per heavy atom. The van der Waals surface area contributed by atoms with E-state index in [1.807, 2.05) is 0 Å². The highest BCUT2D eigenvalue weighted by Crippen LogP contribution is 2.39. The number of aliphatic carboxylic acids is 1. The third kappa shape index (κ3) is 4.73. The molecule has 1 heterocycles. The van der Waals surface area contributed by atoms with Crippen LogP contribution < -0.4 is 9.04 Å². The van der Waals surface area contributed by atoms with Crippen LogP contribution >= 0.6 is 0 Å². The lowest BCUT2D eigenvalue weighted by molar-refractivity contribution is -0.137. The van der Waals surface area contributed by atoms with Gasteiger partial charge in [0.05, 0.1) is 11.7 Å². The number of para-hydroxylation sites is 2. The molecule has 160 valence electrons. The van der Waals surface area contributed by atoms with Gasteiger partial charge in [0.2, 0.25) is 0 Å². The Bertz CT molecular complexity index is 1010. The maximum atomic E-state index is 13.1. The number of carbonyl (C=O) groups is 2. The van der Waals surface area contributed by atoms with E-state index in [1.165, 1.54) is 0 Å². The van der Waals surface area contributed by atoms with Crippen LogP contribution in [0, 0.1) is 0 Å². The number of carbonyl (C=O) groups excluding carboxylic acids is 1. The second kappa shape index (κ2) is 9.17. The summed E-state index contributed by atoms with van der Waals surface area (Å²) in [6.07, 6.45) is -0.0119. The SMILES string of the molecule is C[C@@H]1[C@H](CCCC(=O)O)Oc2ccccc2N1S(=O)(=O)C(=O)OCc1ccccc1. The summed E-state index contributed by atoms with van der Waals surface area (Å²) in [6.45, 7) is 1.46. The fourth-order valence-electron chi connectivity index (χ4n) is 3.35. The van der Waals surface area contributed by atoms with Crippen molar-refractivity contribution >= 4 is 27.0 Å². The topological polar surface area (TPSA) is 110 Å². The first-order valence-electron chi connectivity index (χ1n) is 9.53. The van der Waals surface area contributed by atoms with Crippen molar-refractivity contribution < 1.29 is 32.6 Å². The average Bonchev–Trinajstić information content (AvgIpc) is 2.72. The normalized spacial score (nSPS) is 18.2. The molecule has 2 aromatic rings. The average molecular weight is 433 g/mol. The summed E-state index contributed by atoms with van der Waals surface area (Å²) in [5, 5.41) is 7.52. The van der Waals surface area contributed by atoms with E-state index in [-0.39, 0.29) is 18.7 Å². The number of anilines is 1. The van der Waals surface area contributed by atoms with Gasteiger partial charge in [-0.25, -0.2) is 4.79 Å². The quantitative estimate of drug-likeness (QED) is 0.665. The molecule has 0 aliphatic carbocycles. The molecule has 0 aromatic heterocycles. The van der Waals surface area contributed by atoms with Crippen LogP contribution in [-0.2, 0) is 26.2 Å². The van der Waals surface area contributed by atoms with E-state index >= 15 is 0 Å². The van der Waals surface area contributed by atoms with Gasteiger partial charge in [0, 0.05) is 6.42 Å². The summed E-state index contributed by atoms with van der Waals surface area (Å²) in [4.78, 5) is 23.3. The Balaban J connectivity index is 1.83. The van der Waals surface area contributed by atoms with Gasteiger partial charge >= 0.3 is 21.3 Å². The number of carboxylic acid groups (broad SMARTS) is 1. The zero-order chi connectivity index (χ0) is 21.7. The van der Waals surface area contributed by atoms with Gasteiger partial charge in [-0.05, 0) is 37.5 Å². The molecule has 9 heteroatoms. The zero-order valence-corrected chi connectivity index (χ0v) is 17.2. The highest BCUT2D eigenvalue weighted by atomic mass is 32.2. The van der Waals surface area contributed by atoms with E-state index in [9.17, 15) is 18.0 Å². The van der Waals surface area contributed by atoms with Crippen LogP contribution in [0.15, 0.2) is 54.6 Å². The van der Waals surface area contributed by atoms with Crippen LogP contribution in [0.4, 0.5) is 10.5 Å². The van der Waals surface area contributed by atoms with Crippen molar-refractivity contribution in [3.05, 3.63) is 60.2 Å². The minimum atomic E-state index is -4.49. The third-order valence-corrected chi connectivity index (χ3v) is 6.42. The van der Waals surface area contributed by atoms with E-state index in [0.29, 0.717) is 24.2 Å². The smallest absolute Gasteiger partial charge is 0.445 e. The fourth-order valence-corrected chi connectivity index (χ4v) is 4.70. The van der Waals surface area contributed by atoms with E-state index in [2.05, 4.69) is 0 Å². The Morgan fingerprint density at radius 3 is 2.47 bits per heavy atom. The van der Waals surface area contributed by atoms with Crippen molar-refractivity contribution in [2.24, 2.45) is 0 Å². The molecule has 0 amide bonds. The van der Waals surface area contributed by atoms with E-state index in [1.54, 1.807) is 61.5 Å². The van der Waals surface area contributed by atoms with Gasteiger partial charge in [-0.2, -0.15) is 8.42 Å². The van der Waals surface area contributed by atoms with E-state index in [0.717, 1.165) is 4.31 Å². The number of carboxylic acids is 1. The van der Waals surface area contributed by atoms with Gasteiger partial charge in [0.15, 0.2) is 0 Å². The Labute approximate surface area is 175 Å². The van der Waals surface area contributed by atoms with Crippen molar-refractivity contribution in [2.75, 3.05) is 4.31 Å². The van der Waals surface area contributed by atoms with Gasteiger partial charge in [-0.3, -0.25) is 9.10 Å². The maximum Gasteiger partial charge on any atom is 0.445 e.